The van der Waals surface area contributed by atoms with Crippen LogP contribution in [-0.4, -0.2) is 37.1 Å². The monoisotopic (exact) mass is 256 g/mol. The molecule has 0 aliphatic carbocycles. The van der Waals surface area contributed by atoms with Crippen LogP contribution in [0, 0.1) is 0 Å². The Morgan fingerprint density at radius 2 is 1.79 bits per heavy atom. The van der Waals surface area contributed by atoms with E-state index in [1.54, 1.807) is 6.20 Å². The Hall–Kier alpha value is -1.71. The summed E-state index contributed by atoms with van der Waals surface area (Å²) in [5, 5.41) is 0. The lowest BCUT2D eigenvalue weighted by Crippen LogP contribution is -2.20. The fourth-order valence-corrected chi connectivity index (χ4v) is 1.86. The highest BCUT2D eigenvalue weighted by Crippen LogP contribution is 2.23. The van der Waals surface area contributed by atoms with Crippen LogP contribution in [0.3, 0.4) is 0 Å². The number of nitrogens with zero attached hydrogens (tertiary/aromatic N) is 2. The van der Waals surface area contributed by atoms with Gasteiger partial charge in [-0.25, -0.2) is 0 Å². The summed E-state index contributed by atoms with van der Waals surface area (Å²) in [6.07, 6.45) is 1.71. The molecule has 0 saturated carbocycles. The lowest BCUT2D eigenvalue weighted by atomic mass is 10.1. The fourth-order valence-electron chi connectivity index (χ4n) is 1.86. The van der Waals surface area contributed by atoms with Crippen LogP contribution in [0.1, 0.15) is 17.4 Å². The van der Waals surface area contributed by atoms with Crippen LogP contribution in [0.15, 0.2) is 54.7 Å². The van der Waals surface area contributed by atoms with Gasteiger partial charge in [-0.3, -0.25) is 4.98 Å². The Kier molecular flexibility index (Phi) is 5.07. The number of hydrogen-bond acceptors (Lipinski definition) is 3. The number of pyridine rings is 1. The van der Waals surface area contributed by atoms with Gasteiger partial charge in [-0.2, -0.15) is 0 Å². The summed E-state index contributed by atoms with van der Waals surface area (Å²) in [7, 11) is 4.09. The number of likely N-dealkylation sites (N-methyl/N-ethyl adjacent to an activating group) is 1. The minimum absolute atomic E-state index is 0.0950. The number of hydrogen-bond donors (Lipinski definition) is 0. The molecule has 1 aromatic heterocycles. The van der Waals surface area contributed by atoms with Gasteiger partial charge in [-0.15, -0.1) is 0 Å². The molecule has 0 saturated heterocycles. The molecule has 1 unspecified atom stereocenters. The van der Waals surface area contributed by atoms with Crippen molar-refractivity contribution in [2.24, 2.45) is 0 Å². The summed E-state index contributed by atoms with van der Waals surface area (Å²) in [5.41, 5.74) is 2.09. The molecule has 3 nitrogen and oxygen atoms in total. The van der Waals surface area contributed by atoms with Gasteiger partial charge in [-0.05, 0) is 31.8 Å². The Bertz CT molecular complexity index is 431. The maximum Gasteiger partial charge on any atom is 0.124 e. The zero-order valence-corrected chi connectivity index (χ0v) is 11.5. The standard InChI is InChI=1S/C16H20N2O/c1-18(2)12-13-19-16(14-8-4-3-5-9-14)15-10-6-7-11-17-15/h3-11,16H,12-13H2,1-2H3. The van der Waals surface area contributed by atoms with E-state index < -0.39 is 0 Å². The third-order valence-corrected chi connectivity index (χ3v) is 2.88. The summed E-state index contributed by atoms with van der Waals surface area (Å²) in [6.45, 7) is 1.58. The van der Waals surface area contributed by atoms with Gasteiger partial charge in [0.2, 0.25) is 0 Å². The highest BCUT2D eigenvalue weighted by molar-refractivity contribution is 5.25. The van der Waals surface area contributed by atoms with Crippen molar-refractivity contribution in [2.75, 3.05) is 27.2 Å². The highest BCUT2D eigenvalue weighted by Gasteiger charge is 2.15. The second-order valence-electron chi connectivity index (χ2n) is 4.72. The van der Waals surface area contributed by atoms with Crippen molar-refractivity contribution >= 4 is 0 Å². The van der Waals surface area contributed by atoms with Crippen molar-refractivity contribution in [1.29, 1.82) is 0 Å². The Morgan fingerprint density at radius 3 is 2.42 bits per heavy atom. The molecule has 0 aliphatic rings. The first-order valence-corrected chi connectivity index (χ1v) is 6.49. The predicted octanol–water partition coefficient (Wildman–Crippen LogP) is 2.75. The molecule has 1 aromatic carbocycles. The van der Waals surface area contributed by atoms with E-state index in [0.29, 0.717) is 6.61 Å². The van der Waals surface area contributed by atoms with Crippen LogP contribution in [0.4, 0.5) is 0 Å². The molecule has 2 rings (SSSR count). The van der Waals surface area contributed by atoms with Crippen molar-refractivity contribution < 1.29 is 4.74 Å². The van der Waals surface area contributed by atoms with Gasteiger partial charge >= 0.3 is 0 Å². The van der Waals surface area contributed by atoms with Crippen LogP contribution in [0.25, 0.3) is 0 Å². The number of rotatable bonds is 6. The molecule has 0 fully saturated rings. The minimum atomic E-state index is -0.0950. The first-order chi connectivity index (χ1) is 9.27. The van der Waals surface area contributed by atoms with E-state index >= 15 is 0 Å². The van der Waals surface area contributed by atoms with E-state index in [2.05, 4.69) is 22.0 Å². The topological polar surface area (TPSA) is 25.4 Å². The lowest BCUT2D eigenvalue weighted by molar-refractivity contribution is 0.0662. The van der Waals surface area contributed by atoms with Crippen molar-refractivity contribution in [1.82, 2.24) is 9.88 Å². The molecule has 19 heavy (non-hydrogen) atoms. The zero-order chi connectivity index (χ0) is 13.5. The van der Waals surface area contributed by atoms with Crippen LogP contribution < -0.4 is 0 Å². The quantitative estimate of drug-likeness (QED) is 0.794. The molecular formula is C16H20N2O. The first-order valence-electron chi connectivity index (χ1n) is 6.49. The van der Waals surface area contributed by atoms with E-state index in [1.165, 1.54) is 0 Å². The van der Waals surface area contributed by atoms with E-state index in [0.717, 1.165) is 17.8 Å². The van der Waals surface area contributed by atoms with Gasteiger partial charge in [0.1, 0.15) is 6.10 Å². The smallest absolute Gasteiger partial charge is 0.124 e. The summed E-state index contributed by atoms with van der Waals surface area (Å²) >= 11 is 0. The maximum atomic E-state index is 6.02. The predicted molar refractivity (Wildman–Crippen MR) is 77.0 cm³/mol. The van der Waals surface area contributed by atoms with Crippen LogP contribution in [-0.2, 0) is 4.74 Å². The molecule has 0 amide bonds. The average Bonchev–Trinajstić information content (AvgIpc) is 2.45. The van der Waals surface area contributed by atoms with Gasteiger partial charge in [0, 0.05) is 12.7 Å². The minimum Gasteiger partial charge on any atom is -0.366 e. The van der Waals surface area contributed by atoms with Crippen LogP contribution >= 0.6 is 0 Å². The largest absolute Gasteiger partial charge is 0.366 e. The molecular weight excluding hydrogens is 236 g/mol. The van der Waals surface area contributed by atoms with Crippen LogP contribution in [0.2, 0.25) is 0 Å². The Morgan fingerprint density at radius 1 is 1.05 bits per heavy atom. The molecule has 0 aliphatic heterocycles. The van der Waals surface area contributed by atoms with Crippen molar-refractivity contribution in [3.8, 4) is 0 Å². The summed E-state index contributed by atoms with van der Waals surface area (Å²) in [4.78, 5) is 6.53. The number of benzene rings is 1. The van der Waals surface area contributed by atoms with Crippen molar-refractivity contribution in [3.05, 3.63) is 66.0 Å². The van der Waals surface area contributed by atoms with Gasteiger partial charge in [0.15, 0.2) is 0 Å². The second-order valence-corrected chi connectivity index (χ2v) is 4.72. The van der Waals surface area contributed by atoms with Crippen molar-refractivity contribution in [3.63, 3.8) is 0 Å². The van der Waals surface area contributed by atoms with E-state index in [1.807, 2.05) is 50.5 Å². The van der Waals surface area contributed by atoms with Gasteiger partial charge in [0.25, 0.3) is 0 Å². The molecule has 1 atom stereocenters. The average molecular weight is 256 g/mol. The molecule has 0 radical (unpaired) electrons. The van der Waals surface area contributed by atoms with Gasteiger partial charge < -0.3 is 9.64 Å². The lowest BCUT2D eigenvalue weighted by Gasteiger charge is -2.19. The second kappa shape index (κ2) is 7.02. The zero-order valence-electron chi connectivity index (χ0n) is 11.5. The third kappa shape index (κ3) is 4.16. The van der Waals surface area contributed by atoms with Crippen molar-refractivity contribution in [2.45, 2.75) is 6.10 Å². The van der Waals surface area contributed by atoms with E-state index in [-0.39, 0.29) is 6.10 Å². The number of aromatic nitrogens is 1. The summed E-state index contributed by atoms with van der Waals surface area (Å²) in [6, 6.07) is 16.1. The number of ether oxygens (including phenoxy) is 1. The first kappa shape index (κ1) is 13.7. The molecule has 0 spiro atoms. The molecule has 3 heteroatoms. The third-order valence-electron chi connectivity index (χ3n) is 2.88. The van der Waals surface area contributed by atoms with Crippen LogP contribution in [0.5, 0.6) is 0 Å². The normalized spacial score (nSPS) is 12.6. The molecule has 2 aromatic rings. The molecule has 100 valence electrons. The maximum absolute atomic E-state index is 6.02. The van der Waals surface area contributed by atoms with Gasteiger partial charge in [0.05, 0.1) is 12.3 Å². The van der Waals surface area contributed by atoms with E-state index in [9.17, 15) is 0 Å². The summed E-state index contributed by atoms with van der Waals surface area (Å²) < 4.78 is 6.02. The molecule has 0 bridgehead atoms. The Balaban J connectivity index is 2.14. The molecule has 0 N–H and O–H groups in total. The fraction of sp³-hybridized carbons (Fsp3) is 0.312. The van der Waals surface area contributed by atoms with Gasteiger partial charge in [-0.1, -0.05) is 36.4 Å². The van der Waals surface area contributed by atoms with E-state index in [4.69, 9.17) is 4.74 Å². The summed E-state index contributed by atoms with van der Waals surface area (Å²) in [5.74, 6) is 0. The SMILES string of the molecule is CN(C)CCOC(c1ccccc1)c1ccccn1. The highest BCUT2D eigenvalue weighted by atomic mass is 16.5. The Labute approximate surface area is 114 Å². The molecule has 1 heterocycles.